The summed E-state index contributed by atoms with van der Waals surface area (Å²) in [7, 11) is 3.75. The van der Waals surface area contributed by atoms with Gasteiger partial charge in [0.25, 0.3) is 0 Å². The van der Waals surface area contributed by atoms with Gasteiger partial charge >= 0.3 is 5.17 Å². The molecule has 0 saturated carbocycles. The number of nitrogens with one attached hydrogen (secondary N) is 2. The lowest BCUT2D eigenvalue weighted by Gasteiger charge is -2.03. The van der Waals surface area contributed by atoms with Crippen LogP contribution in [-0.2, 0) is 5.75 Å². The van der Waals surface area contributed by atoms with E-state index in [2.05, 4.69) is 10.3 Å². The molecule has 0 spiro atoms. The number of hydrogen-bond acceptors (Lipinski definition) is 1. The zero-order valence-electron chi connectivity index (χ0n) is 8.60. The molecule has 0 atom stereocenters. The highest BCUT2D eigenvalue weighted by atomic mass is 35.5. The minimum atomic E-state index is 0.667. The van der Waals surface area contributed by atoms with Crippen molar-refractivity contribution in [2.75, 3.05) is 14.1 Å². The van der Waals surface area contributed by atoms with Crippen molar-refractivity contribution in [2.45, 2.75) is 5.75 Å². The first-order valence-electron chi connectivity index (χ1n) is 4.46. The van der Waals surface area contributed by atoms with Crippen LogP contribution in [0.3, 0.4) is 0 Å². The largest absolute Gasteiger partial charge is 0.303 e. The SMILES string of the molecule is CNC(=[NH+]C)SCc1ccc(Cl)cc1Cl. The quantitative estimate of drug-likeness (QED) is 0.625. The fourth-order valence-corrected chi connectivity index (χ4v) is 2.45. The molecule has 0 saturated heterocycles. The molecule has 0 unspecified atom stereocenters. The van der Waals surface area contributed by atoms with Gasteiger partial charge in [-0.2, -0.15) is 0 Å². The lowest BCUT2D eigenvalue weighted by Crippen LogP contribution is -2.70. The van der Waals surface area contributed by atoms with Crippen molar-refractivity contribution >= 4 is 40.1 Å². The van der Waals surface area contributed by atoms with Crippen LogP contribution in [0.15, 0.2) is 18.2 Å². The molecule has 1 aromatic carbocycles. The second kappa shape index (κ2) is 6.26. The molecular formula is C10H13Cl2N2S+. The molecule has 0 aromatic heterocycles. The van der Waals surface area contributed by atoms with Crippen LogP contribution < -0.4 is 10.3 Å². The Kier molecular flexibility index (Phi) is 5.29. The summed E-state index contributed by atoms with van der Waals surface area (Å²) in [6, 6.07) is 5.56. The van der Waals surface area contributed by atoms with Gasteiger partial charge < -0.3 is 0 Å². The molecule has 0 amide bonds. The van der Waals surface area contributed by atoms with E-state index >= 15 is 0 Å². The first-order chi connectivity index (χ1) is 7.17. The highest BCUT2D eigenvalue weighted by Crippen LogP contribution is 2.24. The predicted octanol–water partition coefficient (Wildman–Crippen LogP) is 1.51. The first kappa shape index (κ1) is 12.7. The molecule has 0 bridgehead atoms. The van der Waals surface area contributed by atoms with Gasteiger partial charge in [-0.15, -0.1) is 0 Å². The molecule has 0 fully saturated rings. The van der Waals surface area contributed by atoms with E-state index in [0.29, 0.717) is 10.0 Å². The van der Waals surface area contributed by atoms with Crippen molar-refractivity contribution < 1.29 is 4.99 Å². The lowest BCUT2D eigenvalue weighted by atomic mass is 10.2. The Labute approximate surface area is 104 Å². The number of halogens is 2. The normalized spacial score (nSPS) is 11.6. The monoisotopic (exact) mass is 263 g/mol. The summed E-state index contributed by atoms with van der Waals surface area (Å²) in [4.78, 5) is 3.05. The van der Waals surface area contributed by atoms with Crippen molar-refractivity contribution in [2.24, 2.45) is 0 Å². The molecule has 0 aliphatic heterocycles. The van der Waals surface area contributed by atoms with E-state index in [1.807, 2.05) is 26.2 Å². The van der Waals surface area contributed by atoms with Crippen LogP contribution in [-0.4, -0.2) is 19.3 Å². The van der Waals surface area contributed by atoms with Gasteiger partial charge in [-0.25, -0.2) is 0 Å². The molecule has 82 valence electrons. The molecule has 1 rings (SSSR count). The number of benzene rings is 1. The maximum absolute atomic E-state index is 6.05. The minimum absolute atomic E-state index is 0.667. The highest BCUT2D eigenvalue weighted by Gasteiger charge is 2.06. The zero-order valence-corrected chi connectivity index (χ0v) is 10.9. The molecule has 0 radical (unpaired) electrons. The van der Waals surface area contributed by atoms with E-state index < -0.39 is 0 Å². The second-order valence-electron chi connectivity index (χ2n) is 2.85. The van der Waals surface area contributed by atoms with Crippen molar-refractivity contribution in [1.82, 2.24) is 5.32 Å². The lowest BCUT2D eigenvalue weighted by molar-refractivity contribution is -0.418. The van der Waals surface area contributed by atoms with Gasteiger partial charge in [-0.1, -0.05) is 29.3 Å². The van der Waals surface area contributed by atoms with Crippen LogP contribution in [0.5, 0.6) is 0 Å². The highest BCUT2D eigenvalue weighted by molar-refractivity contribution is 8.12. The molecule has 0 aliphatic rings. The van der Waals surface area contributed by atoms with Crippen LogP contribution in [0.2, 0.25) is 10.0 Å². The number of amidine groups is 1. The number of rotatable bonds is 2. The molecular weight excluding hydrogens is 251 g/mol. The van der Waals surface area contributed by atoms with Crippen LogP contribution in [0.1, 0.15) is 5.56 Å². The van der Waals surface area contributed by atoms with E-state index in [-0.39, 0.29) is 0 Å². The minimum Gasteiger partial charge on any atom is -0.272 e. The van der Waals surface area contributed by atoms with Gasteiger partial charge in [0.15, 0.2) is 0 Å². The molecule has 15 heavy (non-hydrogen) atoms. The van der Waals surface area contributed by atoms with Crippen LogP contribution in [0, 0.1) is 0 Å². The van der Waals surface area contributed by atoms with Crippen LogP contribution in [0.25, 0.3) is 0 Å². The Hall–Kier alpha value is -0.380. The number of thioether (sulfide) groups is 1. The van der Waals surface area contributed by atoms with Crippen LogP contribution in [0.4, 0.5) is 0 Å². The van der Waals surface area contributed by atoms with Gasteiger partial charge in [0, 0.05) is 15.8 Å². The average Bonchev–Trinajstić information content (AvgIpc) is 2.22. The smallest absolute Gasteiger partial charge is 0.272 e. The second-order valence-corrected chi connectivity index (χ2v) is 4.68. The summed E-state index contributed by atoms with van der Waals surface area (Å²) in [5, 5.41) is 5.44. The molecule has 2 nitrogen and oxygen atoms in total. The third-order valence-electron chi connectivity index (χ3n) is 1.84. The maximum atomic E-state index is 6.05. The predicted molar refractivity (Wildman–Crippen MR) is 68.7 cm³/mol. The first-order valence-corrected chi connectivity index (χ1v) is 6.20. The van der Waals surface area contributed by atoms with Gasteiger partial charge in [-0.3, -0.25) is 10.3 Å². The molecule has 5 heteroatoms. The third-order valence-corrected chi connectivity index (χ3v) is 3.58. The summed E-state index contributed by atoms with van der Waals surface area (Å²) in [5.74, 6) is 0.813. The Morgan fingerprint density at radius 2 is 2.20 bits per heavy atom. The Morgan fingerprint density at radius 3 is 2.73 bits per heavy atom. The van der Waals surface area contributed by atoms with E-state index in [1.54, 1.807) is 17.8 Å². The van der Waals surface area contributed by atoms with Gasteiger partial charge in [0.2, 0.25) is 0 Å². The summed E-state index contributed by atoms with van der Waals surface area (Å²) >= 11 is 13.5. The van der Waals surface area contributed by atoms with Crippen LogP contribution >= 0.6 is 35.0 Å². The van der Waals surface area contributed by atoms with E-state index in [0.717, 1.165) is 16.5 Å². The molecule has 1 aromatic rings. The molecule has 0 heterocycles. The average molecular weight is 264 g/mol. The molecule has 0 aliphatic carbocycles. The van der Waals surface area contributed by atoms with Gasteiger partial charge in [-0.05, 0) is 29.5 Å². The standard InChI is InChI=1S/C10H12Cl2N2S/c1-13-10(14-2)15-6-7-3-4-8(11)5-9(7)12/h3-5H,6H2,1-2H3,(H,13,14)/p+1. The third kappa shape index (κ3) is 3.93. The van der Waals surface area contributed by atoms with E-state index in [4.69, 9.17) is 23.2 Å². The summed E-state index contributed by atoms with van der Waals surface area (Å²) in [6.07, 6.45) is 0. The van der Waals surface area contributed by atoms with Crippen molar-refractivity contribution in [3.8, 4) is 0 Å². The van der Waals surface area contributed by atoms with Gasteiger partial charge in [0.05, 0.1) is 14.1 Å². The summed E-state index contributed by atoms with van der Waals surface area (Å²) in [6.45, 7) is 0. The fourth-order valence-electron chi connectivity index (χ4n) is 1.06. The van der Waals surface area contributed by atoms with E-state index in [1.165, 1.54) is 0 Å². The Balaban J connectivity index is 2.65. The van der Waals surface area contributed by atoms with Gasteiger partial charge in [0.1, 0.15) is 0 Å². The Morgan fingerprint density at radius 1 is 1.47 bits per heavy atom. The molecule has 2 N–H and O–H groups in total. The topological polar surface area (TPSA) is 26.0 Å². The summed E-state index contributed by atoms with van der Waals surface area (Å²) in [5.41, 5.74) is 1.08. The number of hydrogen-bond donors (Lipinski definition) is 2. The summed E-state index contributed by atoms with van der Waals surface area (Å²) < 4.78 is 0. The fraction of sp³-hybridized carbons (Fsp3) is 0.300. The van der Waals surface area contributed by atoms with Crippen molar-refractivity contribution in [1.29, 1.82) is 0 Å². The van der Waals surface area contributed by atoms with Crippen molar-refractivity contribution in [3.63, 3.8) is 0 Å². The van der Waals surface area contributed by atoms with E-state index in [9.17, 15) is 0 Å². The zero-order chi connectivity index (χ0) is 11.3. The maximum Gasteiger partial charge on any atom is 0.303 e. The Bertz CT molecular complexity index is 366. The van der Waals surface area contributed by atoms with Crippen molar-refractivity contribution in [3.05, 3.63) is 33.8 Å².